The maximum Gasteiger partial charge on any atom is 0.307 e. The van der Waals surface area contributed by atoms with E-state index >= 15 is 0 Å². The molecule has 0 fully saturated rings. The lowest BCUT2D eigenvalue weighted by atomic mass is 10.2. The first-order chi connectivity index (χ1) is 15.4. The van der Waals surface area contributed by atoms with Crippen LogP contribution in [0.15, 0.2) is 79.1 Å². The van der Waals surface area contributed by atoms with Gasteiger partial charge < -0.3 is 9.15 Å². The molecule has 0 spiro atoms. The number of hydrogen-bond acceptors (Lipinski definition) is 4. The molecule has 4 aromatic rings. The topological polar surface area (TPSA) is 63.8 Å². The third kappa shape index (κ3) is 5.60. The number of benzene rings is 3. The average Bonchev–Trinajstić information content (AvgIpc) is 3.19. The maximum absolute atomic E-state index is 12.4. The molecule has 4 rings (SSSR count). The highest BCUT2D eigenvalue weighted by Gasteiger charge is 2.14. The molecule has 0 bridgehead atoms. The van der Waals surface area contributed by atoms with E-state index in [0.717, 1.165) is 34.8 Å². The minimum Gasteiger partial charge on any atom is -0.488 e. The van der Waals surface area contributed by atoms with E-state index in [0.29, 0.717) is 12.2 Å². The number of nitrogens with one attached hydrogen (secondary N) is 1. The fourth-order valence-electron chi connectivity index (χ4n) is 2.97. The van der Waals surface area contributed by atoms with Gasteiger partial charge in [-0.1, -0.05) is 45.8 Å². The third-order valence-corrected chi connectivity index (χ3v) is 6.50. The van der Waals surface area contributed by atoms with Crippen molar-refractivity contribution < 1.29 is 13.9 Å². The van der Waals surface area contributed by atoms with Crippen molar-refractivity contribution in [1.82, 2.24) is 5.43 Å². The summed E-state index contributed by atoms with van der Waals surface area (Å²) in [7, 11) is 0. The molecule has 3 aromatic carbocycles. The second-order valence-corrected chi connectivity index (χ2v) is 10.0. The number of hydrazone groups is 1. The summed E-state index contributed by atoms with van der Waals surface area (Å²) < 4.78 is 14.2. The van der Waals surface area contributed by atoms with E-state index in [4.69, 9.17) is 9.15 Å². The fourth-order valence-corrected chi connectivity index (χ4v) is 5.00. The second kappa shape index (κ2) is 10.2. The Kier molecular flexibility index (Phi) is 7.32. The van der Waals surface area contributed by atoms with Crippen LogP contribution >= 0.6 is 54.5 Å². The van der Waals surface area contributed by atoms with Crippen molar-refractivity contribution in [2.45, 2.75) is 13.5 Å². The summed E-state index contributed by atoms with van der Waals surface area (Å²) in [6.45, 7) is 2.56. The lowest BCUT2D eigenvalue weighted by molar-refractivity contribution is 0.0929. The molecular weight excluding hydrogens is 651 g/mol. The van der Waals surface area contributed by atoms with Crippen LogP contribution < -0.4 is 10.2 Å². The number of carbonyl (C=O) groups excluding carboxylic acids is 1. The van der Waals surface area contributed by atoms with Crippen molar-refractivity contribution in [3.63, 3.8) is 0 Å². The summed E-state index contributed by atoms with van der Waals surface area (Å²) in [5.41, 5.74) is 6.29. The van der Waals surface area contributed by atoms with Gasteiger partial charge in [-0.3, -0.25) is 4.79 Å². The fraction of sp³-hybridized carbons (Fsp3) is 0.0833. The minimum atomic E-state index is -0.423. The summed E-state index contributed by atoms with van der Waals surface area (Å²) in [4.78, 5) is 12.4. The molecule has 1 amide bonds. The van der Waals surface area contributed by atoms with Crippen molar-refractivity contribution in [2.24, 2.45) is 5.10 Å². The van der Waals surface area contributed by atoms with Gasteiger partial charge in [0, 0.05) is 9.86 Å². The molecule has 1 heterocycles. The Morgan fingerprint density at radius 3 is 2.66 bits per heavy atom. The highest BCUT2D eigenvalue weighted by Crippen LogP contribution is 2.31. The zero-order valence-electron chi connectivity index (χ0n) is 16.9. The standard InChI is InChI=1S/C24H17Br2IN2O3/c1-14-2-4-15(5-3-14)13-31-21-7-6-16(8-20(21)27)12-28-29-24(30)22-10-17-9-18(25)11-19(26)23(17)32-22/h2-12H,13H2,1H3,(H,29,30)/b28-12-. The maximum atomic E-state index is 12.4. The van der Waals surface area contributed by atoms with E-state index in [1.165, 1.54) is 5.56 Å². The number of aryl methyl sites for hydroxylation is 1. The molecule has 5 nitrogen and oxygen atoms in total. The zero-order valence-corrected chi connectivity index (χ0v) is 22.2. The van der Waals surface area contributed by atoms with E-state index in [9.17, 15) is 4.79 Å². The van der Waals surface area contributed by atoms with Crippen LogP contribution in [0, 0.1) is 10.5 Å². The van der Waals surface area contributed by atoms with Crippen molar-refractivity contribution in [3.05, 3.63) is 95.6 Å². The number of amides is 1. The number of furan rings is 1. The second-order valence-electron chi connectivity index (χ2n) is 7.08. The first-order valence-corrected chi connectivity index (χ1v) is 12.3. The highest BCUT2D eigenvalue weighted by molar-refractivity contribution is 14.1. The van der Waals surface area contributed by atoms with E-state index in [2.05, 4.69) is 96.2 Å². The first-order valence-electron chi connectivity index (χ1n) is 9.59. The number of fused-ring (bicyclic) bond motifs is 1. The van der Waals surface area contributed by atoms with E-state index in [1.54, 1.807) is 12.3 Å². The lowest BCUT2D eigenvalue weighted by Crippen LogP contribution is -2.16. The molecule has 0 aliphatic heterocycles. The van der Waals surface area contributed by atoms with Gasteiger partial charge in [0.05, 0.1) is 14.3 Å². The van der Waals surface area contributed by atoms with Crippen LogP contribution in [0.25, 0.3) is 11.0 Å². The van der Waals surface area contributed by atoms with Crippen LogP contribution in [0.3, 0.4) is 0 Å². The van der Waals surface area contributed by atoms with Crippen molar-refractivity contribution in [1.29, 1.82) is 0 Å². The number of carbonyl (C=O) groups is 1. The monoisotopic (exact) mass is 666 g/mol. The van der Waals surface area contributed by atoms with Crippen LogP contribution in [-0.4, -0.2) is 12.1 Å². The molecule has 1 aromatic heterocycles. The van der Waals surface area contributed by atoms with Gasteiger partial charge in [0.2, 0.25) is 0 Å². The van der Waals surface area contributed by atoms with Gasteiger partial charge in [-0.2, -0.15) is 5.10 Å². The van der Waals surface area contributed by atoms with Gasteiger partial charge in [-0.05, 0) is 93.0 Å². The van der Waals surface area contributed by atoms with Crippen LogP contribution in [0.4, 0.5) is 0 Å². The van der Waals surface area contributed by atoms with Gasteiger partial charge in [0.25, 0.3) is 0 Å². The molecule has 162 valence electrons. The number of halogens is 3. The number of hydrogen-bond donors (Lipinski definition) is 1. The van der Waals surface area contributed by atoms with Gasteiger partial charge in [0.15, 0.2) is 5.76 Å². The molecule has 32 heavy (non-hydrogen) atoms. The van der Waals surface area contributed by atoms with Crippen molar-refractivity contribution in [2.75, 3.05) is 0 Å². The Labute approximate surface area is 215 Å². The Bertz CT molecular complexity index is 1320. The minimum absolute atomic E-state index is 0.186. The van der Waals surface area contributed by atoms with Crippen LogP contribution in [-0.2, 0) is 6.61 Å². The Hall–Kier alpha value is -2.17. The number of ether oxygens (including phenoxy) is 1. The summed E-state index contributed by atoms with van der Waals surface area (Å²) >= 11 is 9.09. The van der Waals surface area contributed by atoms with Crippen LogP contribution in [0.5, 0.6) is 5.75 Å². The molecular formula is C24H17Br2IN2O3. The molecule has 0 saturated carbocycles. The molecule has 1 N–H and O–H groups in total. The predicted molar refractivity (Wildman–Crippen MR) is 141 cm³/mol. The van der Waals surface area contributed by atoms with Crippen molar-refractivity contribution in [3.8, 4) is 5.75 Å². The van der Waals surface area contributed by atoms with E-state index < -0.39 is 5.91 Å². The molecule has 0 aliphatic carbocycles. The largest absolute Gasteiger partial charge is 0.488 e. The van der Waals surface area contributed by atoms with E-state index in [-0.39, 0.29) is 5.76 Å². The third-order valence-electron chi connectivity index (χ3n) is 4.61. The molecule has 0 aliphatic rings. The zero-order chi connectivity index (χ0) is 22.7. The summed E-state index contributed by atoms with van der Waals surface area (Å²) in [5.74, 6) is 0.560. The van der Waals surface area contributed by atoms with Crippen LogP contribution in [0.2, 0.25) is 0 Å². The molecule has 0 unspecified atom stereocenters. The summed E-state index contributed by atoms with van der Waals surface area (Å²) in [6.07, 6.45) is 1.58. The smallest absolute Gasteiger partial charge is 0.307 e. The van der Waals surface area contributed by atoms with Crippen LogP contribution in [0.1, 0.15) is 27.2 Å². The average molecular weight is 668 g/mol. The molecule has 8 heteroatoms. The summed E-state index contributed by atoms with van der Waals surface area (Å²) in [5, 5.41) is 4.87. The van der Waals surface area contributed by atoms with Gasteiger partial charge in [-0.15, -0.1) is 0 Å². The van der Waals surface area contributed by atoms with Gasteiger partial charge in [-0.25, -0.2) is 5.43 Å². The van der Waals surface area contributed by atoms with Crippen molar-refractivity contribution >= 4 is 77.5 Å². The van der Waals surface area contributed by atoms with Gasteiger partial charge in [0.1, 0.15) is 17.9 Å². The lowest BCUT2D eigenvalue weighted by Gasteiger charge is -2.09. The Morgan fingerprint density at radius 1 is 1.12 bits per heavy atom. The number of nitrogens with zero attached hydrogens (tertiary/aromatic N) is 1. The Balaban J connectivity index is 1.38. The van der Waals surface area contributed by atoms with E-state index in [1.807, 2.05) is 30.3 Å². The SMILES string of the molecule is Cc1ccc(COc2ccc(/C=N\NC(=O)c3cc4cc(Br)cc(Br)c4o3)cc2I)cc1. The predicted octanol–water partition coefficient (Wildman–Crippen LogP) is 7.21. The first kappa shape index (κ1) is 23.0. The highest BCUT2D eigenvalue weighted by atomic mass is 127. The van der Waals surface area contributed by atoms with Gasteiger partial charge >= 0.3 is 5.91 Å². The summed E-state index contributed by atoms with van der Waals surface area (Å²) in [6, 6.07) is 19.4. The normalized spacial score (nSPS) is 11.2. The molecule has 0 saturated heterocycles. The quantitative estimate of drug-likeness (QED) is 0.134. The Morgan fingerprint density at radius 2 is 1.91 bits per heavy atom. The molecule has 0 radical (unpaired) electrons. The molecule has 0 atom stereocenters. The number of rotatable bonds is 6.